The molecule has 0 aliphatic rings. The number of carbonyl (C=O) groups is 1. The summed E-state index contributed by atoms with van der Waals surface area (Å²) in [5, 5.41) is 10.5. The molecule has 0 saturated heterocycles. The molecule has 0 bridgehead atoms. The molecule has 15 heavy (non-hydrogen) atoms. The Kier molecular flexibility index (Phi) is 3.79. The molecule has 6 heteroatoms. The van der Waals surface area contributed by atoms with Crippen molar-refractivity contribution in [3.8, 4) is 0 Å². The van der Waals surface area contributed by atoms with Crippen molar-refractivity contribution in [3.63, 3.8) is 0 Å². The predicted molar refractivity (Wildman–Crippen MR) is 56.8 cm³/mol. The number of non-ortho nitro benzene ring substituents is 1. The normalized spacial score (nSPS) is 9.73. The van der Waals surface area contributed by atoms with Gasteiger partial charge in [-0.1, -0.05) is 0 Å². The number of carbonyl (C=O) groups excluding carboxylic acids is 1. The number of benzene rings is 1. The SMILES string of the molecule is CCOC(=O)c1cc([N+](=O)[O-])ccc1Br. The molecule has 0 radical (unpaired) electrons. The Morgan fingerprint density at radius 1 is 1.60 bits per heavy atom. The van der Waals surface area contributed by atoms with Gasteiger partial charge in [0.1, 0.15) is 0 Å². The Bertz CT molecular complexity index is 405. The molecule has 0 aromatic heterocycles. The first-order valence-electron chi connectivity index (χ1n) is 4.17. The fourth-order valence-electron chi connectivity index (χ4n) is 0.992. The molecule has 0 aliphatic heterocycles. The molecule has 0 unspecified atom stereocenters. The van der Waals surface area contributed by atoms with Crippen LogP contribution in [0, 0.1) is 10.1 Å². The minimum atomic E-state index is -0.576. The standard InChI is InChI=1S/C9H8BrNO4/c1-2-15-9(12)7-5-6(11(13)14)3-4-8(7)10/h3-5H,2H2,1H3. The summed E-state index contributed by atoms with van der Waals surface area (Å²) in [6.07, 6.45) is 0. The third-order valence-electron chi connectivity index (χ3n) is 1.66. The summed E-state index contributed by atoms with van der Waals surface area (Å²) >= 11 is 3.13. The van der Waals surface area contributed by atoms with E-state index < -0.39 is 10.9 Å². The highest BCUT2D eigenvalue weighted by molar-refractivity contribution is 9.10. The zero-order valence-corrected chi connectivity index (χ0v) is 9.48. The number of hydrogen-bond acceptors (Lipinski definition) is 4. The van der Waals surface area contributed by atoms with Gasteiger partial charge in [0.2, 0.25) is 0 Å². The smallest absolute Gasteiger partial charge is 0.339 e. The summed E-state index contributed by atoms with van der Waals surface area (Å²) in [4.78, 5) is 21.3. The Morgan fingerprint density at radius 3 is 2.80 bits per heavy atom. The summed E-state index contributed by atoms with van der Waals surface area (Å²) in [5.74, 6) is -0.576. The molecule has 1 aromatic carbocycles. The quantitative estimate of drug-likeness (QED) is 0.482. The summed E-state index contributed by atoms with van der Waals surface area (Å²) < 4.78 is 5.23. The van der Waals surface area contributed by atoms with E-state index in [0.717, 1.165) is 0 Å². The Labute approximate surface area is 94.3 Å². The molecule has 0 N–H and O–H groups in total. The van der Waals surface area contributed by atoms with Gasteiger partial charge in [-0.3, -0.25) is 10.1 Å². The first-order chi connectivity index (χ1) is 7.06. The van der Waals surface area contributed by atoms with Gasteiger partial charge in [-0.05, 0) is 28.9 Å². The van der Waals surface area contributed by atoms with E-state index in [2.05, 4.69) is 15.9 Å². The largest absolute Gasteiger partial charge is 0.462 e. The van der Waals surface area contributed by atoms with E-state index in [1.165, 1.54) is 18.2 Å². The third kappa shape index (κ3) is 2.76. The van der Waals surface area contributed by atoms with Gasteiger partial charge in [0.05, 0.1) is 17.1 Å². The maximum Gasteiger partial charge on any atom is 0.339 e. The van der Waals surface area contributed by atoms with E-state index in [4.69, 9.17) is 4.74 Å². The average molecular weight is 274 g/mol. The van der Waals surface area contributed by atoms with Gasteiger partial charge in [-0.25, -0.2) is 4.79 Å². The predicted octanol–water partition coefficient (Wildman–Crippen LogP) is 2.53. The second kappa shape index (κ2) is 4.88. The highest BCUT2D eigenvalue weighted by atomic mass is 79.9. The number of hydrogen-bond donors (Lipinski definition) is 0. The number of ether oxygens (including phenoxy) is 1. The highest BCUT2D eigenvalue weighted by Crippen LogP contribution is 2.23. The second-order valence-electron chi connectivity index (χ2n) is 2.64. The third-order valence-corrected chi connectivity index (χ3v) is 2.35. The van der Waals surface area contributed by atoms with Gasteiger partial charge >= 0.3 is 5.97 Å². The van der Waals surface area contributed by atoms with Gasteiger partial charge in [-0.2, -0.15) is 0 Å². The van der Waals surface area contributed by atoms with Crippen LogP contribution < -0.4 is 0 Å². The lowest BCUT2D eigenvalue weighted by Gasteiger charge is -2.03. The van der Waals surface area contributed by atoms with E-state index in [-0.39, 0.29) is 17.9 Å². The highest BCUT2D eigenvalue weighted by Gasteiger charge is 2.15. The fraction of sp³-hybridized carbons (Fsp3) is 0.222. The summed E-state index contributed by atoms with van der Waals surface area (Å²) in [5.41, 5.74) is 0.0207. The van der Waals surface area contributed by atoms with Crippen LogP contribution in [-0.2, 0) is 4.74 Å². The molecule has 1 aromatic rings. The fourth-order valence-corrected chi connectivity index (χ4v) is 1.40. The number of nitrogens with zero attached hydrogens (tertiary/aromatic N) is 1. The molecule has 0 heterocycles. The van der Waals surface area contributed by atoms with Crippen LogP contribution >= 0.6 is 15.9 Å². The maximum atomic E-state index is 11.4. The van der Waals surface area contributed by atoms with Gasteiger partial charge in [0.15, 0.2) is 0 Å². The van der Waals surface area contributed by atoms with E-state index in [0.29, 0.717) is 4.47 Å². The molecule has 0 fully saturated rings. The monoisotopic (exact) mass is 273 g/mol. The molecule has 0 spiro atoms. The lowest BCUT2D eigenvalue weighted by Crippen LogP contribution is -2.06. The van der Waals surface area contributed by atoms with E-state index in [9.17, 15) is 14.9 Å². The molecule has 0 aliphatic carbocycles. The Balaban J connectivity index is 3.10. The van der Waals surface area contributed by atoms with Crippen LogP contribution in [0.5, 0.6) is 0 Å². The van der Waals surface area contributed by atoms with Crippen LogP contribution in [-0.4, -0.2) is 17.5 Å². The Hall–Kier alpha value is -1.43. The van der Waals surface area contributed by atoms with Crippen LogP contribution in [0.2, 0.25) is 0 Å². The summed E-state index contributed by atoms with van der Waals surface area (Å²) in [6.45, 7) is 1.90. The van der Waals surface area contributed by atoms with Crippen molar-refractivity contribution in [2.75, 3.05) is 6.61 Å². The van der Waals surface area contributed by atoms with Crippen LogP contribution in [0.4, 0.5) is 5.69 Å². The lowest BCUT2D eigenvalue weighted by molar-refractivity contribution is -0.384. The topological polar surface area (TPSA) is 69.4 Å². The number of rotatable bonds is 3. The number of nitro benzene ring substituents is 1. The minimum Gasteiger partial charge on any atom is -0.462 e. The number of halogens is 1. The summed E-state index contributed by atoms with van der Waals surface area (Å²) in [7, 11) is 0. The van der Waals surface area contributed by atoms with E-state index in [1.807, 2.05) is 0 Å². The lowest BCUT2D eigenvalue weighted by atomic mass is 10.2. The zero-order chi connectivity index (χ0) is 11.4. The molecular formula is C9H8BrNO4. The van der Waals surface area contributed by atoms with E-state index >= 15 is 0 Å². The molecule has 0 atom stereocenters. The number of nitro groups is 1. The molecule has 5 nitrogen and oxygen atoms in total. The molecular weight excluding hydrogens is 266 g/mol. The van der Waals surface area contributed by atoms with Crippen molar-refractivity contribution in [1.29, 1.82) is 0 Å². The van der Waals surface area contributed by atoms with Crippen molar-refractivity contribution < 1.29 is 14.5 Å². The van der Waals surface area contributed by atoms with Gasteiger partial charge in [0.25, 0.3) is 5.69 Å². The van der Waals surface area contributed by atoms with Gasteiger partial charge in [0, 0.05) is 16.6 Å². The van der Waals surface area contributed by atoms with Crippen LogP contribution in [0.1, 0.15) is 17.3 Å². The van der Waals surface area contributed by atoms with Crippen molar-refractivity contribution >= 4 is 27.6 Å². The van der Waals surface area contributed by atoms with Crippen molar-refractivity contribution in [1.82, 2.24) is 0 Å². The number of esters is 1. The van der Waals surface area contributed by atoms with Gasteiger partial charge < -0.3 is 4.74 Å². The van der Waals surface area contributed by atoms with Crippen LogP contribution in [0.3, 0.4) is 0 Å². The van der Waals surface area contributed by atoms with Crippen LogP contribution in [0.15, 0.2) is 22.7 Å². The van der Waals surface area contributed by atoms with Crippen molar-refractivity contribution in [2.45, 2.75) is 6.92 Å². The molecule has 0 amide bonds. The minimum absolute atomic E-state index is 0.138. The van der Waals surface area contributed by atoms with E-state index in [1.54, 1.807) is 6.92 Å². The molecule has 0 saturated carbocycles. The summed E-state index contributed by atoms with van der Waals surface area (Å²) in [6, 6.07) is 3.94. The maximum absolute atomic E-state index is 11.4. The zero-order valence-electron chi connectivity index (χ0n) is 7.90. The average Bonchev–Trinajstić information content (AvgIpc) is 2.18. The second-order valence-corrected chi connectivity index (χ2v) is 3.50. The first kappa shape index (κ1) is 11.6. The molecule has 80 valence electrons. The van der Waals surface area contributed by atoms with Crippen LogP contribution in [0.25, 0.3) is 0 Å². The molecule has 1 rings (SSSR count). The first-order valence-corrected chi connectivity index (χ1v) is 4.96. The Morgan fingerprint density at radius 2 is 2.27 bits per heavy atom. The van der Waals surface area contributed by atoms with Crippen molar-refractivity contribution in [2.24, 2.45) is 0 Å². The van der Waals surface area contributed by atoms with Crippen molar-refractivity contribution in [3.05, 3.63) is 38.3 Å². The van der Waals surface area contributed by atoms with Gasteiger partial charge in [-0.15, -0.1) is 0 Å².